The van der Waals surface area contributed by atoms with Gasteiger partial charge in [-0.2, -0.15) is 11.8 Å². The standard InChI is InChI=1S/C14H25NS2/c1-4-8-15-13(11-17-12(3)5-2)10-14-7-6-9-16-14/h6-7,9,12-13,15H,4-5,8,10-11H2,1-3H3. The molecule has 0 spiro atoms. The van der Waals surface area contributed by atoms with Crippen molar-refractivity contribution in [3.63, 3.8) is 0 Å². The van der Waals surface area contributed by atoms with Crippen molar-refractivity contribution in [3.05, 3.63) is 22.4 Å². The maximum absolute atomic E-state index is 3.67. The summed E-state index contributed by atoms with van der Waals surface area (Å²) < 4.78 is 0. The summed E-state index contributed by atoms with van der Waals surface area (Å²) in [5.74, 6) is 1.23. The van der Waals surface area contributed by atoms with Gasteiger partial charge in [0.05, 0.1) is 0 Å². The zero-order chi connectivity index (χ0) is 12.5. The van der Waals surface area contributed by atoms with Crippen molar-refractivity contribution in [3.8, 4) is 0 Å². The van der Waals surface area contributed by atoms with E-state index in [0.717, 1.165) is 11.8 Å². The monoisotopic (exact) mass is 271 g/mol. The van der Waals surface area contributed by atoms with Crippen LogP contribution in [0, 0.1) is 0 Å². The van der Waals surface area contributed by atoms with Crippen LogP contribution in [0.4, 0.5) is 0 Å². The molecular formula is C14H25NS2. The predicted octanol–water partition coefficient (Wildman–Crippen LogP) is 4.19. The number of hydrogen-bond donors (Lipinski definition) is 1. The lowest BCUT2D eigenvalue weighted by atomic mass is 10.2. The third kappa shape index (κ3) is 6.49. The number of rotatable bonds is 9. The van der Waals surface area contributed by atoms with E-state index in [0.29, 0.717) is 6.04 Å². The first-order valence-electron chi connectivity index (χ1n) is 6.63. The van der Waals surface area contributed by atoms with Gasteiger partial charge in [0.1, 0.15) is 0 Å². The second-order valence-electron chi connectivity index (χ2n) is 4.49. The molecule has 1 heterocycles. The molecule has 2 atom stereocenters. The minimum absolute atomic E-state index is 0.632. The molecule has 0 aliphatic rings. The zero-order valence-corrected chi connectivity index (χ0v) is 12.9. The van der Waals surface area contributed by atoms with Crippen molar-refractivity contribution < 1.29 is 0 Å². The van der Waals surface area contributed by atoms with Gasteiger partial charge in [-0.15, -0.1) is 11.3 Å². The molecule has 1 rings (SSSR count). The topological polar surface area (TPSA) is 12.0 Å². The molecule has 0 saturated heterocycles. The highest BCUT2D eigenvalue weighted by Crippen LogP contribution is 2.18. The number of hydrogen-bond acceptors (Lipinski definition) is 3. The maximum Gasteiger partial charge on any atom is 0.0206 e. The number of nitrogens with one attached hydrogen (secondary N) is 1. The van der Waals surface area contributed by atoms with E-state index in [1.165, 1.54) is 29.9 Å². The molecule has 0 aliphatic heterocycles. The Morgan fingerprint density at radius 3 is 2.82 bits per heavy atom. The van der Waals surface area contributed by atoms with Crippen LogP contribution in [0.25, 0.3) is 0 Å². The summed E-state index contributed by atoms with van der Waals surface area (Å²) >= 11 is 3.97. The first-order chi connectivity index (χ1) is 8.26. The Bertz CT molecular complexity index is 272. The Hall–Kier alpha value is 0.01000. The molecule has 0 fully saturated rings. The Morgan fingerprint density at radius 2 is 2.24 bits per heavy atom. The summed E-state index contributed by atoms with van der Waals surface area (Å²) in [6, 6.07) is 5.03. The smallest absolute Gasteiger partial charge is 0.0206 e. The maximum atomic E-state index is 3.67. The summed E-state index contributed by atoms with van der Waals surface area (Å²) in [6.07, 6.45) is 3.67. The van der Waals surface area contributed by atoms with Crippen LogP contribution in [0.2, 0.25) is 0 Å². The van der Waals surface area contributed by atoms with Crippen LogP contribution in [0.3, 0.4) is 0 Å². The lowest BCUT2D eigenvalue weighted by Crippen LogP contribution is -2.34. The molecule has 0 amide bonds. The van der Waals surface area contributed by atoms with Crippen LogP contribution in [0.1, 0.15) is 38.5 Å². The van der Waals surface area contributed by atoms with E-state index in [1.54, 1.807) is 0 Å². The van der Waals surface area contributed by atoms with Crippen molar-refractivity contribution in [2.45, 2.75) is 51.3 Å². The van der Waals surface area contributed by atoms with E-state index >= 15 is 0 Å². The van der Waals surface area contributed by atoms with E-state index in [2.05, 4.69) is 55.4 Å². The van der Waals surface area contributed by atoms with Gasteiger partial charge in [0.2, 0.25) is 0 Å². The molecule has 0 radical (unpaired) electrons. The fourth-order valence-corrected chi connectivity index (χ4v) is 3.43. The average Bonchev–Trinajstić information content (AvgIpc) is 2.84. The Labute approximate surface area is 114 Å². The van der Waals surface area contributed by atoms with Crippen LogP contribution in [0.15, 0.2) is 17.5 Å². The summed E-state index contributed by atoms with van der Waals surface area (Å²) in [5.41, 5.74) is 0. The molecule has 1 aromatic heterocycles. The quantitative estimate of drug-likeness (QED) is 0.723. The van der Waals surface area contributed by atoms with Gasteiger partial charge in [0.25, 0.3) is 0 Å². The van der Waals surface area contributed by atoms with Crippen LogP contribution in [-0.2, 0) is 6.42 Å². The third-order valence-electron chi connectivity index (χ3n) is 2.87. The van der Waals surface area contributed by atoms with Gasteiger partial charge in [0, 0.05) is 21.9 Å². The molecule has 1 nitrogen and oxygen atoms in total. The fraction of sp³-hybridized carbons (Fsp3) is 0.714. The summed E-state index contributed by atoms with van der Waals surface area (Å²) in [4.78, 5) is 1.50. The molecule has 98 valence electrons. The minimum atomic E-state index is 0.632. The molecule has 1 aromatic rings. The average molecular weight is 271 g/mol. The van der Waals surface area contributed by atoms with Gasteiger partial charge in [0.15, 0.2) is 0 Å². The van der Waals surface area contributed by atoms with Gasteiger partial charge < -0.3 is 5.32 Å². The Morgan fingerprint density at radius 1 is 1.41 bits per heavy atom. The Balaban J connectivity index is 2.37. The van der Waals surface area contributed by atoms with E-state index < -0.39 is 0 Å². The van der Waals surface area contributed by atoms with Crippen molar-refractivity contribution in [2.75, 3.05) is 12.3 Å². The molecule has 1 N–H and O–H groups in total. The zero-order valence-electron chi connectivity index (χ0n) is 11.2. The van der Waals surface area contributed by atoms with E-state index in [-0.39, 0.29) is 0 Å². The van der Waals surface area contributed by atoms with Crippen LogP contribution in [0.5, 0.6) is 0 Å². The molecular weight excluding hydrogens is 246 g/mol. The van der Waals surface area contributed by atoms with Crippen molar-refractivity contribution >= 4 is 23.1 Å². The molecule has 0 saturated carbocycles. The van der Waals surface area contributed by atoms with Crippen LogP contribution < -0.4 is 5.32 Å². The highest BCUT2D eigenvalue weighted by atomic mass is 32.2. The predicted molar refractivity (Wildman–Crippen MR) is 82.3 cm³/mol. The lowest BCUT2D eigenvalue weighted by molar-refractivity contribution is 0.552. The summed E-state index contributed by atoms with van der Waals surface area (Å²) in [7, 11) is 0. The molecule has 0 bridgehead atoms. The lowest BCUT2D eigenvalue weighted by Gasteiger charge is -2.19. The van der Waals surface area contributed by atoms with Gasteiger partial charge in [-0.1, -0.05) is 26.8 Å². The first kappa shape index (κ1) is 15.1. The van der Waals surface area contributed by atoms with E-state index in [1.807, 2.05) is 11.3 Å². The van der Waals surface area contributed by atoms with Crippen molar-refractivity contribution in [1.82, 2.24) is 5.32 Å². The van der Waals surface area contributed by atoms with Crippen molar-refractivity contribution in [1.29, 1.82) is 0 Å². The second-order valence-corrected chi connectivity index (χ2v) is 6.99. The van der Waals surface area contributed by atoms with E-state index in [4.69, 9.17) is 0 Å². The fourth-order valence-electron chi connectivity index (χ4n) is 1.61. The van der Waals surface area contributed by atoms with Gasteiger partial charge in [-0.3, -0.25) is 0 Å². The largest absolute Gasteiger partial charge is 0.313 e. The molecule has 17 heavy (non-hydrogen) atoms. The third-order valence-corrected chi connectivity index (χ3v) is 5.26. The number of thiophene rings is 1. The normalized spacial score (nSPS) is 14.8. The highest BCUT2D eigenvalue weighted by molar-refractivity contribution is 7.99. The molecule has 3 heteroatoms. The van der Waals surface area contributed by atoms with Crippen LogP contribution in [-0.4, -0.2) is 23.6 Å². The van der Waals surface area contributed by atoms with Gasteiger partial charge >= 0.3 is 0 Å². The minimum Gasteiger partial charge on any atom is -0.313 e. The Kier molecular flexibility index (Phi) is 7.99. The first-order valence-corrected chi connectivity index (χ1v) is 8.56. The summed E-state index contributed by atoms with van der Waals surface area (Å²) in [6.45, 7) is 7.96. The van der Waals surface area contributed by atoms with Crippen molar-refractivity contribution in [2.24, 2.45) is 0 Å². The molecule has 2 unspecified atom stereocenters. The molecule has 0 aliphatic carbocycles. The van der Waals surface area contributed by atoms with Gasteiger partial charge in [-0.05, 0) is 37.3 Å². The number of thioether (sulfide) groups is 1. The van der Waals surface area contributed by atoms with E-state index in [9.17, 15) is 0 Å². The summed E-state index contributed by atoms with van der Waals surface area (Å²) in [5, 5.41) is 6.63. The van der Waals surface area contributed by atoms with Crippen LogP contribution >= 0.6 is 23.1 Å². The second kappa shape index (κ2) is 9.01. The SMILES string of the molecule is CCCNC(CSC(C)CC)Cc1cccs1. The molecule has 0 aromatic carbocycles. The van der Waals surface area contributed by atoms with Gasteiger partial charge in [-0.25, -0.2) is 0 Å². The highest BCUT2D eigenvalue weighted by Gasteiger charge is 2.11.